The van der Waals surface area contributed by atoms with Crippen molar-refractivity contribution in [3.63, 3.8) is 0 Å². The second kappa shape index (κ2) is 5.33. The molecule has 19 heavy (non-hydrogen) atoms. The van der Waals surface area contributed by atoms with E-state index in [1.807, 2.05) is 43.9 Å². The van der Waals surface area contributed by atoms with Gasteiger partial charge in [-0.3, -0.25) is 4.79 Å². The van der Waals surface area contributed by atoms with Crippen molar-refractivity contribution in [1.29, 1.82) is 0 Å². The molecule has 1 amide bonds. The zero-order valence-electron chi connectivity index (χ0n) is 12.1. The van der Waals surface area contributed by atoms with Crippen LogP contribution in [0.2, 0.25) is 0 Å². The monoisotopic (exact) mass is 261 g/mol. The normalized spacial score (nSPS) is 24.1. The maximum atomic E-state index is 12.6. The Morgan fingerprint density at radius 2 is 2.00 bits per heavy atom. The van der Waals surface area contributed by atoms with Crippen LogP contribution < -0.4 is 0 Å². The van der Waals surface area contributed by atoms with Crippen molar-refractivity contribution in [3.05, 3.63) is 34.9 Å². The van der Waals surface area contributed by atoms with Gasteiger partial charge in [-0.1, -0.05) is 12.1 Å². The molecule has 3 nitrogen and oxygen atoms in total. The lowest BCUT2D eigenvalue weighted by Crippen LogP contribution is -2.34. The molecule has 2 rings (SSSR count). The molecule has 0 radical (unpaired) electrons. The first kappa shape index (κ1) is 14.1. The first-order valence-electron chi connectivity index (χ1n) is 6.98. The fourth-order valence-corrected chi connectivity index (χ4v) is 2.62. The topological polar surface area (TPSA) is 40.5 Å². The molecule has 3 heteroatoms. The number of hydrogen-bond donors (Lipinski definition) is 1. The molecule has 1 heterocycles. The Kier molecular flexibility index (Phi) is 3.95. The van der Waals surface area contributed by atoms with Crippen LogP contribution in [0.4, 0.5) is 0 Å². The summed E-state index contributed by atoms with van der Waals surface area (Å²) in [5.74, 6) is 0.0962. The number of carbonyl (C=O) groups excluding carboxylic acids is 1. The van der Waals surface area contributed by atoms with Crippen molar-refractivity contribution in [2.24, 2.45) is 0 Å². The molecule has 1 unspecified atom stereocenters. The van der Waals surface area contributed by atoms with Crippen LogP contribution in [-0.4, -0.2) is 34.6 Å². The van der Waals surface area contributed by atoms with E-state index >= 15 is 0 Å². The highest BCUT2D eigenvalue weighted by atomic mass is 16.3. The summed E-state index contributed by atoms with van der Waals surface area (Å²) in [4.78, 5) is 14.5. The van der Waals surface area contributed by atoms with Crippen LogP contribution in [-0.2, 0) is 0 Å². The average Bonchev–Trinajstić information content (AvgIpc) is 2.53. The highest BCUT2D eigenvalue weighted by molar-refractivity contribution is 5.96. The number of rotatable bonds is 1. The Morgan fingerprint density at radius 1 is 1.26 bits per heavy atom. The van der Waals surface area contributed by atoms with Crippen LogP contribution in [0.25, 0.3) is 0 Å². The SMILES string of the molecule is Cc1cccc(C(=O)N2CCCC(C)(O)CC2)c1C. The predicted octanol–water partition coefficient (Wildman–Crippen LogP) is 2.68. The van der Waals surface area contributed by atoms with Gasteiger partial charge >= 0.3 is 0 Å². The number of hydrogen-bond acceptors (Lipinski definition) is 2. The Balaban J connectivity index is 2.18. The summed E-state index contributed by atoms with van der Waals surface area (Å²) in [5, 5.41) is 10.1. The minimum absolute atomic E-state index is 0.0962. The summed E-state index contributed by atoms with van der Waals surface area (Å²) in [6.45, 7) is 7.26. The highest BCUT2D eigenvalue weighted by Gasteiger charge is 2.27. The van der Waals surface area contributed by atoms with E-state index in [0.29, 0.717) is 13.0 Å². The van der Waals surface area contributed by atoms with Crippen LogP contribution in [0.5, 0.6) is 0 Å². The van der Waals surface area contributed by atoms with Crippen molar-refractivity contribution < 1.29 is 9.90 Å². The van der Waals surface area contributed by atoms with Gasteiger partial charge in [-0.2, -0.15) is 0 Å². The van der Waals surface area contributed by atoms with Crippen molar-refractivity contribution in [2.45, 2.75) is 45.6 Å². The van der Waals surface area contributed by atoms with Crippen LogP contribution in [0.1, 0.15) is 47.7 Å². The molecule has 1 saturated heterocycles. The zero-order chi connectivity index (χ0) is 14.0. The molecule has 1 N–H and O–H groups in total. The van der Waals surface area contributed by atoms with Gasteiger partial charge in [0.05, 0.1) is 5.60 Å². The second-order valence-corrected chi connectivity index (χ2v) is 5.89. The fourth-order valence-electron chi connectivity index (χ4n) is 2.62. The van der Waals surface area contributed by atoms with Gasteiger partial charge in [0.25, 0.3) is 5.91 Å². The molecule has 0 saturated carbocycles. The molecule has 0 aliphatic carbocycles. The lowest BCUT2D eigenvalue weighted by molar-refractivity contribution is 0.0438. The lowest BCUT2D eigenvalue weighted by Gasteiger charge is -2.23. The first-order chi connectivity index (χ1) is 8.91. The van der Waals surface area contributed by atoms with E-state index in [9.17, 15) is 9.90 Å². The van der Waals surface area contributed by atoms with E-state index in [4.69, 9.17) is 0 Å². The van der Waals surface area contributed by atoms with Gasteiger partial charge in [0.1, 0.15) is 0 Å². The fraction of sp³-hybridized carbons (Fsp3) is 0.562. The molecule has 1 fully saturated rings. The molecule has 0 aromatic heterocycles. The summed E-state index contributed by atoms with van der Waals surface area (Å²) >= 11 is 0. The molecule has 1 atom stereocenters. The molecule has 0 bridgehead atoms. The Morgan fingerprint density at radius 3 is 2.74 bits per heavy atom. The quantitative estimate of drug-likeness (QED) is 0.844. The molecule has 104 valence electrons. The summed E-state index contributed by atoms with van der Waals surface area (Å²) in [6.07, 6.45) is 2.29. The van der Waals surface area contributed by atoms with Crippen molar-refractivity contribution >= 4 is 5.91 Å². The van der Waals surface area contributed by atoms with E-state index in [1.54, 1.807) is 0 Å². The minimum atomic E-state index is -0.628. The zero-order valence-corrected chi connectivity index (χ0v) is 12.1. The van der Waals surface area contributed by atoms with Crippen molar-refractivity contribution in [3.8, 4) is 0 Å². The van der Waals surface area contributed by atoms with Crippen LogP contribution in [0.15, 0.2) is 18.2 Å². The van der Waals surface area contributed by atoms with E-state index < -0.39 is 5.60 Å². The summed E-state index contributed by atoms with van der Waals surface area (Å²) in [5.41, 5.74) is 2.37. The van der Waals surface area contributed by atoms with E-state index in [2.05, 4.69) is 0 Å². The number of likely N-dealkylation sites (tertiary alicyclic amines) is 1. The molecular weight excluding hydrogens is 238 g/mol. The third-order valence-corrected chi connectivity index (χ3v) is 4.19. The third kappa shape index (κ3) is 3.16. The molecular formula is C16H23NO2. The van der Waals surface area contributed by atoms with Crippen molar-refractivity contribution in [1.82, 2.24) is 4.90 Å². The average molecular weight is 261 g/mol. The predicted molar refractivity (Wildman–Crippen MR) is 76.3 cm³/mol. The first-order valence-corrected chi connectivity index (χ1v) is 6.98. The molecule has 1 aromatic rings. The van der Waals surface area contributed by atoms with Gasteiger partial charge in [0.2, 0.25) is 0 Å². The number of benzene rings is 1. The maximum Gasteiger partial charge on any atom is 0.254 e. The van der Waals surface area contributed by atoms with E-state index in [0.717, 1.165) is 36.1 Å². The van der Waals surface area contributed by atoms with Gasteiger partial charge in [0, 0.05) is 18.7 Å². The molecule has 1 aromatic carbocycles. The standard InChI is InChI=1S/C16H23NO2/c1-12-6-4-7-14(13(12)2)15(18)17-10-5-8-16(3,19)9-11-17/h4,6-7,19H,5,8-11H2,1-3H3. The van der Waals surface area contributed by atoms with Crippen LogP contribution in [0, 0.1) is 13.8 Å². The largest absolute Gasteiger partial charge is 0.390 e. The second-order valence-electron chi connectivity index (χ2n) is 5.89. The van der Waals surface area contributed by atoms with Gasteiger partial charge in [-0.25, -0.2) is 0 Å². The number of aliphatic hydroxyl groups is 1. The van der Waals surface area contributed by atoms with Gasteiger partial charge < -0.3 is 10.0 Å². The molecule has 0 spiro atoms. The lowest BCUT2D eigenvalue weighted by atomic mass is 9.98. The smallest absolute Gasteiger partial charge is 0.254 e. The summed E-state index contributed by atoms with van der Waals surface area (Å²) in [6, 6.07) is 5.86. The number of amides is 1. The molecule has 1 aliphatic heterocycles. The van der Waals surface area contributed by atoms with Gasteiger partial charge in [-0.05, 0) is 57.2 Å². The summed E-state index contributed by atoms with van der Waals surface area (Å²) < 4.78 is 0. The van der Waals surface area contributed by atoms with Crippen molar-refractivity contribution in [2.75, 3.05) is 13.1 Å². The number of carbonyl (C=O) groups is 1. The van der Waals surface area contributed by atoms with Crippen LogP contribution in [0.3, 0.4) is 0 Å². The van der Waals surface area contributed by atoms with Gasteiger partial charge in [-0.15, -0.1) is 0 Å². The van der Waals surface area contributed by atoms with E-state index in [-0.39, 0.29) is 5.91 Å². The third-order valence-electron chi connectivity index (χ3n) is 4.19. The number of aryl methyl sites for hydroxylation is 1. The highest BCUT2D eigenvalue weighted by Crippen LogP contribution is 2.23. The maximum absolute atomic E-state index is 12.6. The number of nitrogens with zero attached hydrogens (tertiary/aromatic N) is 1. The Bertz CT molecular complexity index is 480. The van der Waals surface area contributed by atoms with E-state index in [1.165, 1.54) is 0 Å². The summed E-state index contributed by atoms with van der Waals surface area (Å²) in [7, 11) is 0. The Labute approximate surface area is 115 Å². The Hall–Kier alpha value is -1.35. The molecule has 1 aliphatic rings. The minimum Gasteiger partial charge on any atom is -0.390 e. The van der Waals surface area contributed by atoms with Crippen LogP contribution >= 0.6 is 0 Å². The van der Waals surface area contributed by atoms with Gasteiger partial charge in [0.15, 0.2) is 0 Å².